The minimum absolute atomic E-state index is 0.673. The molecule has 0 radical (unpaired) electrons. The fourth-order valence-electron chi connectivity index (χ4n) is 5.70. The Balaban J connectivity index is 1.28. The summed E-state index contributed by atoms with van der Waals surface area (Å²) in [6, 6.07) is 47.9. The van der Waals surface area contributed by atoms with Crippen LogP contribution in [0.2, 0.25) is 0 Å². The van der Waals surface area contributed by atoms with Crippen molar-refractivity contribution in [3.8, 4) is 45.3 Å². The lowest BCUT2D eigenvalue weighted by molar-refractivity contribution is 1.16. The van der Waals surface area contributed by atoms with Crippen LogP contribution in [0.1, 0.15) is 0 Å². The van der Waals surface area contributed by atoms with Gasteiger partial charge in [-0.25, -0.2) is 15.0 Å². The lowest BCUT2D eigenvalue weighted by Crippen LogP contribution is -1.97. The highest BCUT2D eigenvalue weighted by atomic mass is 14.9. The van der Waals surface area contributed by atoms with E-state index in [9.17, 15) is 0 Å². The molecular formula is C38H24N4. The van der Waals surface area contributed by atoms with E-state index in [4.69, 9.17) is 15.0 Å². The molecule has 0 saturated carbocycles. The zero-order chi connectivity index (χ0) is 27.9. The van der Waals surface area contributed by atoms with Crippen LogP contribution in [-0.4, -0.2) is 19.9 Å². The third kappa shape index (κ3) is 4.18. The maximum atomic E-state index is 5.16. The molecule has 0 spiro atoms. The minimum Gasteiger partial charge on any atom is -0.255 e. The first kappa shape index (κ1) is 24.1. The number of aromatic nitrogens is 4. The van der Waals surface area contributed by atoms with Crippen molar-refractivity contribution >= 4 is 32.4 Å². The maximum Gasteiger partial charge on any atom is 0.160 e. The predicted octanol–water partition coefficient (Wildman–Crippen LogP) is 9.39. The standard InChI is InChI=1S/C38H24N4/c1-2-11-28(12-3-1)38-41-34(24-35(42-38)33-16-8-9-23-39-33)26-17-19-27(20-18-26)37-31-22-21-25-10-4-5-13-29(25)36(31)30-14-6-7-15-32(30)40-37/h1-24H. The molecule has 0 aliphatic heterocycles. The Morgan fingerprint density at radius 1 is 0.405 bits per heavy atom. The molecule has 4 nitrogen and oxygen atoms in total. The molecule has 42 heavy (non-hydrogen) atoms. The highest BCUT2D eigenvalue weighted by molar-refractivity contribution is 6.22. The largest absolute Gasteiger partial charge is 0.255 e. The Morgan fingerprint density at radius 3 is 1.95 bits per heavy atom. The zero-order valence-corrected chi connectivity index (χ0v) is 22.6. The molecule has 196 valence electrons. The van der Waals surface area contributed by atoms with Gasteiger partial charge in [0, 0.05) is 39.0 Å². The second-order valence-corrected chi connectivity index (χ2v) is 10.3. The molecule has 5 aromatic carbocycles. The van der Waals surface area contributed by atoms with Crippen LogP contribution in [0, 0.1) is 0 Å². The smallest absolute Gasteiger partial charge is 0.160 e. The first-order valence-corrected chi connectivity index (χ1v) is 14.0. The monoisotopic (exact) mass is 536 g/mol. The fourth-order valence-corrected chi connectivity index (χ4v) is 5.70. The van der Waals surface area contributed by atoms with E-state index in [0.717, 1.165) is 50.4 Å². The van der Waals surface area contributed by atoms with Crippen molar-refractivity contribution in [3.63, 3.8) is 0 Å². The summed E-state index contributed by atoms with van der Waals surface area (Å²) in [6.45, 7) is 0. The van der Waals surface area contributed by atoms with Gasteiger partial charge in [-0.2, -0.15) is 0 Å². The summed E-state index contributed by atoms with van der Waals surface area (Å²) in [6.07, 6.45) is 1.79. The highest BCUT2D eigenvalue weighted by Crippen LogP contribution is 2.37. The van der Waals surface area contributed by atoms with Gasteiger partial charge >= 0.3 is 0 Å². The molecule has 8 rings (SSSR count). The molecule has 4 heteroatoms. The van der Waals surface area contributed by atoms with Crippen molar-refractivity contribution in [1.82, 2.24) is 19.9 Å². The second-order valence-electron chi connectivity index (χ2n) is 10.3. The van der Waals surface area contributed by atoms with E-state index in [-0.39, 0.29) is 0 Å². The molecule has 0 unspecified atom stereocenters. The van der Waals surface area contributed by atoms with Gasteiger partial charge < -0.3 is 0 Å². The second kappa shape index (κ2) is 10.0. The molecule has 0 aliphatic carbocycles. The van der Waals surface area contributed by atoms with Crippen molar-refractivity contribution in [2.75, 3.05) is 0 Å². The summed E-state index contributed by atoms with van der Waals surface area (Å²) in [5.41, 5.74) is 7.45. The predicted molar refractivity (Wildman–Crippen MR) is 172 cm³/mol. The Bertz CT molecular complexity index is 2150. The molecule has 0 N–H and O–H groups in total. The molecule has 0 saturated heterocycles. The molecule has 3 aromatic heterocycles. The normalized spacial score (nSPS) is 11.3. The average Bonchev–Trinajstić information content (AvgIpc) is 3.08. The van der Waals surface area contributed by atoms with E-state index in [1.165, 1.54) is 21.5 Å². The Morgan fingerprint density at radius 2 is 1.12 bits per heavy atom. The van der Waals surface area contributed by atoms with Gasteiger partial charge in [0.15, 0.2) is 5.82 Å². The van der Waals surface area contributed by atoms with Gasteiger partial charge in [0.25, 0.3) is 0 Å². The van der Waals surface area contributed by atoms with Crippen molar-refractivity contribution in [2.24, 2.45) is 0 Å². The Labute approximate surface area is 243 Å². The van der Waals surface area contributed by atoms with Gasteiger partial charge in [0.05, 0.1) is 28.3 Å². The van der Waals surface area contributed by atoms with Gasteiger partial charge in [-0.15, -0.1) is 0 Å². The number of rotatable bonds is 4. The summed E-state index contributed by atoms with van der Waals surface area (Å²) in [5, 5.41) is 6.01. The minimum atomic E-state index is 0.673. The van der Waals surface area contributed by atoms with Gasteiger partial charge in [-0.1, -0.05) is 115 Å². The first-order valence-electron chi connectivity index (χ1n) is 14.0. The number of pyridine rings is 2. The van der Waals surface area contributed by atoms with E-state index in [2.05, 4.69) is 89.9 Å². The topological polar surface area (TPSA) is 51.6 Å². The lowest BCUT2D eigenvalue weighted by atomic mass is 9.95. The molecule has 0 fully saturated rings. The van der Waals surface area contributed by atoms with Gasteiger partial charge in [-0.05, 0) is 35.0 Å². The number of benzene rings is 5. The van der Waals surface area contributed by atoms with Crippen molar-refractivity contribution < 1.29 is 0 Å². The van der Waals surface area contributed by atoms with Crippen molar-refractivity contribution in [1.29, 1.82) is 0 Å². The van der Waals surface area contributed by atoms with Crippen molar-refractivity contribution in [2.45, 2.75) is 0 Å². The molecular weight excluding hydrogens is 512 g/mol. The SMILES string of the molecule is c1ccc(-c2nc(-c3ccc(-c4nc5ccccc5c5c4ccc4ccccc45)cc3)cc(-c3ccccn3)n2)cc1. The average molecular weight is 537 g/mol. The number of hydrogen-bond acceptors (Lipinski definition) is 4. The molecule has 8 aromatic rings. The van der Waals surface area contributed by atoms with E-state index in [1.54, 1.807) is 6.20 Å². The summed E-state index contributed by atoms with van der Waals surface area (Å²) < 4.78 is 0. The third-order valence-electron chi connectivity index (χ3n) is 7.73. The van der Waals surface area contributed by atoms with E-state index in [1.807, 2.05) is 54.6 Å². The van der Waals surface area contributed by atoms with Crippen LogP contribution in [0.3, 0.4) is 0 Å². The van der Waals surface area contributed by atoms with Gasteiger partial charge in [0.2, 0.25) is 0 Å². The van der Waals surface area contributed by atoms with Crippen LogP contribution < -0.4 is 0 Å². The first-order chi connectivity index (χ1) is 20.8. The van der Waals surface area contributed by atoms with Crippen LogP contribution in [0.5, 0.6) is 0 Å². The molecule has 0 bridgehead atoms. The van der Waals surface area contributed by atoms with Gasteiger partial charge in [-0.3, -0.25) is 4.98 Å². The number of nitrogens with zero attached hydrogens (tertiary/aromatic N) is 4. The molecule has 0 atom stereocenters. The van der Waals surface area contributed by atoms with Crippen LogP contribution in [-0.2, 0) is 0 Å². The lowest BCUT2D eigenvalue weighted by Gasteiger charge is -2.13. The number of hydrogen-bond donors (Lipinski definition) is 0. The highest BCUT2D eigenvalue weighted by Gasteiger charge is 2.15. The van der Waals surface area contributed by atoms with E-state index < -0.39 is 0 Å². The summed E-state index contributed by atoms with van der Waals surface area (Å²) in [5.74, 6) is 0.673. The molecule has 0 aliphatic rings. The number of para-hydroxylation sites is 1. The Hall–Kier alpha value is -5.74. The van der Waals surface area contributed by atoms with Crippen molar-refractivity contribution in [3.05, 3.63) is 146 Å². The summed E-state index contributed by atoms with van der Waals surface area (Å²) >= 11 is 0. The summed E-state index contributed by atoms with van der Waals surface area (Å²) in [7, 11) is 0. The van der Waals surface area contributed by atoms with Crippen LogP contribution >= 0.6 is 0 Å². The van der Waals surface area contributed by atoms with Crippen LogP contribution in [0.4, 0.5) is 0 Å². The maximum absolute atomic E-state index is 5.16. The molecule has 3 heterocycles. The van der Waals surface area contributed by atoms with Crippen LogP contribution in [0.25, 0.3) is 77.7 Å². The van der Waals surface area contributed by atoms with E-state index >= 15 is 0 Å². The number of fused-ring (bicyclic) bond motifs is 5. The quantitative estimate of drug-likeness (QED) is 0.210. The summed E-state index contributed by atoms with van der Waals surface area (Å²) in [4.78, 5) is 19.5. The van der Waals surface area contributed by atoms with E-state index in [0.29, 0.717) is 5.82 Å². The fraction of sp³-hybridized carbons (Fsp3) is 0. The molecule has 0 amide bonds. The zero-order valence-electron chi connectivity index (χ0n) is 22.6. The van der Waals surface area contributed by atoms with Crippen LogP contribution in [0.15, 0.2) is 146 Å². The Kier molecular flexibility index (Phi) is 5.75. The third-order valence-corrected chi connectivity index (χ3v) is 7.73. The van der Waals surface area contributed by atoms with Gasteiger partial charge in [0.1, 0.15) is 0 Å².